The van der Waals surface area contributed by atoms with Gasteiger partial charge in [-0.2, -0.15) is 0 Å². The Bertz CT molecular complexity index is 587. The van der Waals surface area contributed by atoms with Crippen molar-refractivity contribution in [1.82, 2.24) is 0 Å². The molecule has 0 spiro atoms. The predicted octanol–water partition coefficient (Wildman–Crippen LogP) is 4.53. The van der Waals surface area contributed by atoms with Crippen LogP contribution in [0.3, 0.4) is 0 Å². The van der Waals surface area contributed by atoms with Gasteiger partial charge in [0.1, 0.15) is 0 Å². The van der Waals surface area contributed by atoms with Crippen LogP contribution >= 0.6 is 43.2 Å². The SMILES string of the molecule is COc1cc(NC(CN)c2cc(Br)c(Br)s2)ccc1F. The Balaban J connectivity index is 2.22. The van der Waals surface area contributed by atoms with Gasteiger partial charge in [-0.05, 0) is 50.1 Å². The standard InChI is InChI=1S/C13H13Br2FN2OS/c1-19-11-4-7(2-3-9(11)16)18-10(6-17)12-5-8(14)13(15)20-12/h2-5,10,18H,6,17H2,1H3. The summed E-state index contributed by atoms with van der Waals surface area (Å²) in [5, 5.41) is 3.28. The highest BCUT2D eigenvalue weighted by Gasteiger charge is 2.15. The van der Waals surface area contributed by atoms with E-state index in [1.807, 2.05) is 6.07 Å². The van der Waals surface area contributed by atoms with E-state index in [2.05, 4.69) is 37.2 Å². The molecule has 0 bridgehead atoms. The number of rotatable bonds is 5. The monoisotopic (exact) mass is 422 g/mol. The number of ether oxygens (including phenoxy) is 1. The zero-order chi connectivity index (χ0) is 14.7. The number of nitrogens with two attached hydrogens (primary N) is 1. The molecule has 0 fully saturated rings. The zero-order valence-corrected chi connectivity index (χ0v) is 14.6. The van der Waals surface area contributed by atoms with Gasteiger partial charge in [-0.25, -0.2) is 4.39 Å². The number of halogens is 3. The van der Waals surface area contributed by atoms with Crippen molar-refractivity contribution in [2.24, 2.45) is 5.73 Å². The van der Waals surface area contributed by atoms with Gasteiger partial charge in [-0.15, -0.1) is 11.3 Å². The molecule has 2 rings (SSSR count). The summed E-state index contributed by atoms with van der Waals surface area (Å²) in [6, 6.07) is 6.63. The summed E-state index contributed by atoms with van der Waals surface area (Å²) >= 11 is 8.52. The summed E-state index contributed by atoms with van der Waals surface area (Å²) < 4.78 is 20.4. The molecule has 1 atom stereocenters. The normalized spacial score (nSPS) is 12.2. The van der Waals surface area contributed by atoms with Crippen LogP contribution in [0.15, 0.2) is 32.5 Å². The van der Waals surface area contributed by atoms with Crippen molar-refractivity contribution in [1.29, 1.82) is 0 Å². The maximum atomic E-state index is 13.4. The summed E-state index contributed by atoms with van der Waals surface area (Å²) in [5.74, 6) is -0.178. The minimum Gasteiger partial charge on any atom is -0.494 e. The van der Waals surface area contributed by atoms with Gasteiger partial charge in [0.25, 0.3) is 0 Å². The maximum Gasteiger partial charge on any atom is 0.165 e. The summed E-state index contributed by atoms with van der Waals surface area (Å²) in [4.78, 5) is 1.09. The first kappa shape index (κ1) is 15.8. The average molecular weight is 424 g/mol. The van der Waals surface area contributed by atoms with Gasteiger partial charge in [0, 0.05) is 27.6 Å². The molecule has 0 aliphatic carbocycles. The zero-order valence-electron chi connectivity index (χ0n) is 10.6. The van der Waals surface area contributed by atoms with E-state index in [0.717, 1.165) is 18.8 Å². The van der Waals surface area contributed by atoms with E-state index in [9.17, 15) is 4.39 Å². The lowest BCUT2D eigenvalue weighted by molar-refractivity contribution is 0.387. The third-order valence-electron chi connectivity index (χ3n) is 2.74. The van der Waals surface area contributed by atoms with Crippen LogP contribution in [0.2, 0.25) is 0 Å². The third kappa shape index (κ3) is 3.52. The molecule has 0 aliphatic rings. The molecule has 7 heteroatoms. The molecule has 1 aromatic carbocycles. The third-order valence-corrected chi connectivity index (χ3v) is 6.11. The molecular weight excluding hydrogens is 411 g/mol. The fourth-order valence-corrected chi connectivity index (χ4v) is 3.89. The molecule has 0 aliphatic heterocycles. The Morgan fingerprint density at radius 3 is 2.70 bits per heavy atom. The largest absolute Gasteiger partial charge is 0.494 e. The van der Waals surface area contributed by atoms with Crippen molar-refractivity contribution in [3.8, 4) is 5.75 Å². The first-order chi connectivity index (χ1) is 9.55. The highest BCUT2D eigenvalue weighted by atomic mass is 79.9. The molecule has 3 N–H and O–H groups in total. The lowest BCUT2D eigenvalue weighted by atomic mass is 10.2. The number of benzene rings is 1. The van der Waals surface area contributed by atoms with Gasteiger partial charge in [0.2, 0.25) is 0 Å². The smallest absolute Gasteiger partial charge is 0.165 e. The van der Waals surface area contributed by atoms with Crippen molar-refractivity contribution in [2.45, 2.75) is 6.04 Å². The van der Waals surface area contributed by atoms with Gasteiger partial charge in [-0.3, -0.25) is 0 Å². The van der Waals surface area contributed by atoms with E-state index in [0.29, 0.717) is 6.54 Å². The molecule has 3 nitrogen and oxygen atoms in total. The highest BCUT2D eigenvalue weighted by Crippen LogP contribution is 2.36. The summed E-state index contributed by atoms with van der Waals surface area (Å²) in [5.41, 5.74) is 6.58. The van der Waals surface area contributed by atoms with Crippen LogP contribution in [-0.2, 0) is 0 Å². The van der Waals surface area contributed by atoms with Crippen LogP contribution < -0.4 is 15.8 Å². The van der Waals surface area contributed by atoms with E-state index < -0.39 is 0 Å². The molecule has 20 heavy (non-hydrogen) atoms. The average Bonchev–Trinajstić information content (AvgIpc) is 2.77. The second-order valence-corrected chi connectivity index (χ2v) is 7.31. The first-order valence-electron chi connectivity index (χ1n) is 5.80. The minimum atomic E-state index is -0.385. The van der Waals surface area contributed by atoms with Crippen LogP contribution in [0.1, 0.15) is 10.9 Å². The lowest BCUT2D eigenvalue weighted by Gasteiger charge is -2.17. The van der Waals surface area contributed by atoms with Crippen molar-refractivity contribution in [3.05, 3.63) is 43.2 Å². The number of hydrogen-bond acceptors (Lipinski definition) is 4. The second kappa shape index (κ2) is 6.89. The topological polar surface area (TPSA) is 47.3 Å². The Morgan fingerprint density at radius 2 is 2.15 bits per heavy atom. The Hall–Kier alpha value is -0.630. The highest BCUT2D eigenvalue weighted by molar-refractivity contribution is 9.13. The Kier molecular flexibility index (Phi) is 5.42. The quantitative estimate of drug-likeness (QED) is 0.742. The first-order valence-corrected chi connectivity index (χ1v) is 8.20. The van der Waals surface area contributed by atoms with Crippen molar-refractivity contribution < 1.29 is 9.13 Å². The van der Waals surface area contributed by atoms with Crippen molar-refractivity contribution in [2.75, 3.05) is 19.0 Å². The summed E-state index contributed by atoms with van der Waals surface area (Å²) in [6.45, 7) is 0.430. The van der Waals surface area contributed by atoms with Crippen LogP contribution in [0, 0.1) is 5.82 Å². The van der Waals surface area contributed by atoms with Gasteiger partial charge in [0.15, 0.2) is 11.6 Å². The Morgan fingerprint density at radius 1 is 1.40 bits per heavy atom. The molecule has 108 valence electrons. The number of anilines is 1. The minimum absolute atomic E-state index is 0.0437. The van der Waals surface area contributed by atoms with Gasteiger partial charge < -0.3 is 15.8 Å². The van der Waals surface area contributed by atoms with Gasteiger partial charge in [0.05, 0.1) is 16.9 Å². The molecule has 2 aromatic rings. The summed E-state index contributed by atoms with van der Waals surface area (Å²) in [6.07, 6.45) is 0. The second-order valence-electron chi connectivity index (χ2n) is 4.05. The van der Waals surface area contributed by atoms with Crippen molar-refractivity contribution >= 4 is 48.9 Å². The molecule has 1 aromatic heterocycles. The fourth-order valence-electron chi connectivity index (χ4n) is 1.73. The van der Waals surface area contributed by atoms with Gasteiger partial charge >= 0.3 is 0 Å². The fraction of sp³-hybridized carbons (Fsp3) is 0.231. The van der Waals surface area contributed by atoms with E-state index in [4.69, 9.17) is 10.5 Å². The molecule has 0 amide bonds. The predicted molar refractivity (Wildman–Crippen MR) is 88.1 cm³/mol. The molecule has 0 saturated carbocycles. The summed E-state index contributed by atoms with van der Waals surface area (Å²) in [7, 11) is 1.44. The van der Waals surface area contributed by atoms with E-state index in [1.165, 1.54) is 13.2 Å². The lowest BCUT2D eigenvalue weighted by Crippen LogP contribution is -2.19. The van der Waals surface area contributed by atoms with Crippen LogP contribution in [-0.4, -0.2) is 13.7 Å². The maximum absolute atomic E-state index is 13.4. The van der Waals surface area contributed by atoms with Gasteiger partial charge in [-0.1, -0.05) is 0 Å². The molecule has 0 radical (unpaired) electrons. The molecule has 1 unspecified atom stereocenters. The van der Waals surface area contributed by atoms with E-state index in [-0.39, 0.29) is 17.6 Å². The van der Waals surface area contributed by atoms with E-state index >= 15 is 0 Å². The molecule has 0 saturated heterocycles. The number of hydrogen-bond donors (Lipinski definition) is 2. The van der Waals surface area contributed by atoms with Crippen LogP contribution in [0.4, 0.5) is 10.1 Å². The molecule has 1 heterocycles. The van der Waals surface area contributed by atoms with E-state index in [1.54, 1.807) is 23.5 Å². The van der Waals surface area contributed by atoms with Crippen LogP contribution in [0.5, 0.6) is 5.75 Å². The number of nitrogens with one attached hydrogen (secondary N) is 1. The number of thiophene rings is 1. The Labute approximate surface area is 137 Å². The van der Waals surface area contributed by atoms with Crippen molar-refractivity contribution in [3.63, 3.8) is 0 Å². The number of methoxy groups -OCH3 is 1. The van der Waals surface area contributed by atoms with Crippen LogP contribution in [0.25, 0.3) is 0 Å². The molecular formula is C13H13Br2FN2OS.